The van der Waals surface area contributed by atoms with Crippen molar-refractivity contribution >= 4 is 39.1 Å². The standard InChI is InChI=1S/C19H19ClN2O2S/c1-3-24-12-11-22-17-13(2)5-4-6-16(17)25-19(22)21-18(23)14-7-9-15(20)10-8-14/h4-10H,3,11-12H2,1-2H3. The van der Waals surface area contributed by atoms with E-state index in [4.69, 9.17) is 16.3 Å². The number of para-hydroxylation sites is 1. The Morgan fingerprint density at radius 1 is 1.24 bits per heavy atom. The smallest absolute Gasteiger partial charge is 0.279 e. The van der Waals surface area contributed by atoms with Gasteiger partial charge in [0.15, 0.2) is 4.80 Å². The summed E-state index contributed by atoms with van der Waals surface area (Å²) in [5.74, 6) is -0.272. The third-order valence-electron chi connectivity index (χ3n) is 3.85. The number of benzene rings is 2. The van der Waals surface area contributed by atoms with Gasteiger partial charge in [0.05, 0.1) is 16.8 Å². The van der Waals surface area contributed by atoms with Gasteiger partial charge in [-0.3, -0.25) is 4.79 Å². The van der Waals surface area contributed by atoms with Gasteiger partial charge in [-0.2, -0.15) is 4.99 Å². The zero-order valence-corrected chi connectivity index (χ0v) is 15.7. The van der Waals surface area contributed by atoms with E-state index in [-0.39, 0.29) is 5.91 Å². The molecule has 2 aromatic carbocycles. The Balaban J connectivity index is 2.07. The molecular formula is C19H19ClN2O2S. The van der Waals surface area contributed by atoms with Gasteiger partial charge in [0.2, 0.25) is 0 Å². The van der Waals surface area contributed by atoms with Crippen LogP contribution in [0, 0.1) is 6.92 Å². The van der Waals surface area contributed by atoms with Crippen LogP contribution >= 0.6 is 22.9 Å². The molecule has 130 valence electrons. The first-order valence-electron chi connectivity index (χ1n) is 8.11. The monoisotopic (exact) mass is 374 g/mol. The fourth-order valence-corrected chi connectivity index (χ4v) is 3.90. The van der Waals surface area contributed by atoms with Crippen molar-refractivity contribution in [3.63, 3.8) is 0 Å². The highest BCUT2D eigenvalue weighted by Crippen LogP contribution is 2.21. The van der Waals surface area contributed by atoms with Gasteiger partial charge in [-0.25, -0.2) is 0 Å². The lowest BCUT2D eigenvalue weighted by molar-refractivity contribution is 0.0996. The molecule has 0 aliphatic heterocycles. The second-order valence-corrected chi connectivity index (χ2v) is 7.02. The number of carbonyl (C=O) groups is 1. The molecule has 0 fully saturated rings. The van der Waals surface area contributed by atoms with E-state index in [1.54, 1.807) is 24.3 Å². The topological polar surface area (TPSA) is 43.6 Å². The first-order chi connectivity index (χ1) is 12.1. The summed E-state index contributed by atoms with van der Waals surface area (Å²) in [6.07, 6.45) is 0. The molecule has 0 unspecified atom stereocenters. The lowest BCUT2D eigenvalue weighted by atomic mass is 10.2. The summed E-state index contributed by atoms with van der Waals surface area (Å²) in [6.45, 7) is 5.94. The predicted molar refractivity (Wildman–Crippen MR) is 102 cm³/mol. The Morgan fingerprint density at radius 2 is 2.00 bits per heavy atom. The van der Waals surface area contributed by atoms with E-state index in [0.717, 1.165) is 15.8 Å². The van der Waals surface area contributed by atoms with Crippen molar-refractivity contribution in [2.24, 2.45) is 4.99 Å². The van der Waals surface area contributed by atoms with Crippen LogP contribution in [0.3, 0.4) is 0 Å². The molecule has 0 atom stereocenters. The van der Waals surface area contributed by atoms with Crippen molar-refractivity contribution in [3.05, 3.63) is 63.4 Å². The molecule has 25 heavy (non-hydrogen) atoms. The lowest BCUT2D eigenvalue weighted by Gasteiger charge is -2.07. The Bertz CT molecular complexity index is 958. The number of amides is 1. The van der Waals surface area contributed by atoms with Crippen molar-refractivity contribution in [2.45, 2.75) is 20.4 Å². The Kier molecular flexibility index (Phi) is 5.68. The van der Waals surface area contributed by atoms with Gasteiger partial charge < -0.3 is 9.30 Å². The van der Waals surface area contributed by atoms with E-state index in [1.807, 2.05) is 13.0 Å². The van der Waals surface area contributed by atoms with Crippen LogP contribution in [0.15, 0.2) is 47.5 Å². The molecule has 0 aliphatic rings. The summed E-state index contributed by atoms with van der Waals surface area (Å²) in [7, 11) is 0. The average Bonchev–Trinajstić information content (AvgIpc) is 2.94. The highest BCUT2D eigenvalue weighted by Gasteiger charge is 2.11. The van der Waals surface area contributed by atoms with Gasteiger partial charge in [0.25, 0.3) is 5.91 Å². The maximum absolute atomic E-state index is 12.5. The van der Waals surface area contributed by atoms with E-state index in [2.05, 4.69) is 28.6 Å². The molecule has 0 aliphatic carbocycles. The quantitative estimate of drug-likeness (QED) is 0.619. The minimum Gasteiger partial charge on any atom is -0.380 e. The lowest BCUT2D eigenvalue weighted by Crippen LogP contribution is -2.20. The number of ether oxygens (including phenoxy) is 1. The molecule has 1 amide bonds. The van der Waals surface area contributed by atoms with Crippen molar-refractivity contribution in [1.82, 2.24) is 4.57 Å². The summed E-state index contributed by atoms with van der Waals surface area (Å²) in [5, 5.41) is 0.598. The number of halogens is 1. The average molecular weight is 375 g/mol. The van der Waals surface area contributed by atoms with Crippen molar-refractivity contribution < 1.29 is 9.53 Å². The molecule has 1 heterocycles. The largest absolute Gasteiger partial charge is 0.380 e. The van der Waals surface area contributed by atoms with Crippen LogP contribution in [0.4, 0.5) is 0 Å². The molecule has 3 rings (SSSR count). The molecule has 0 radical (unpaired) electrons. The fraction of sp³-hybridized carbons (Fsp3) is 0.263. The third kappa shape index (κ3) is 4.00. The second kappa shape index (κ2) is 7.95. The third-order valence-corrected chi connectivity index (χ3v) is 5.15. The molecule has 0 bridgehead atoms. The summed E-state index contributed by atoms with van der Waals surface area (Å²) in [6, 6.07) is 12.9. The molecule has 6 heteroatoms. The number of hydrogen-bond donors (Lipinski definition) is 0. The SMILES string of the molecule is CCOCCn1c(=NC(=O)c2ccc(Cl)cc2)sc2cccc(C)c21. The van der Waals surface area contributed by atoms with Crippen molar-refractivity contribution in [3.8, 4) is 0 Å². The number of fused-ring (bicyclic) bond motifs is 1. The molecule has 0 saturated carbocycles. The summed E-state index contributed by atoms with van der Waals surface area (Å²) >= 11 is 7.40. The van der Waals surface area contributed by atoms with Crippen LogP contribution in [0.25, 0.3) is 10.2 Å². The minimum atomic E-state index is -0.272. The fourth-order valence-electron chi connectivity index (χ4n) is 2.64. The van der Waals surface area contributed by atoms with Gasteiger partial charge in [0, 0.05) is 23.7 Å². The molecule has 0 N–H and O–H groups in total. The van der Waals surface area contributed by atoms with E-state index in [9.17, 15) is 4.79 Å². The first-order valence-corrected chi connectivity index (χ1v) is 9.31. The molecule has 0 saturated heterocycles. The predicted octanol–water partition coefficient (Wildman–Crippen LogP) is 4.44. The molecule has 0 spiro atoms. The molecule has 1 aromatic heterocycles. The molecule has 3 aromatic rings. The van der Waals surface area contributed by atoms with E-state index >= 15 is 0 Å². The first kappa shape index (κ1) is 17.9. The number of nitrogens with zero attached hydrogens (tertiary/aromatic N) is 2. The Labute approximate surface area is 155 Å². The Hall–Kier alpha value is -1.95. The zero-order chi connectivity index (χ0) is 17.8. The maximum Gasteiger partial charge on any atom is 0.279 e. The highest BCUT2D eigenvalue weighted by molar-refractivity contribution is 7.16. The summed E-state index contributed by atoms with van der Waals surface area (Å²) < 4.78 is 8.67. The van der Waals surface area contributed by atoms with E-state index < -0.39 is 0 Å². The Morgan fingerprint density at radius 3 is 2.72 bits per heavy atom. The van der Waals surface area contributed by atoms with E-state index in [1.165, 1.54) is 11.3 Å². The number of rotatable bonds is 5. The normalized spacial score (nSPS) is 12.0. The number of aryl methyl sites for hydroxylation is 1. The van der Waals surface area contributed by atoms with Crippen LogP contribution in [-0.2, 0) is 11.3 Å². The van der Waals surface area contributed by atoms with Gasteiger partial charge in [-0.1, -0.05) is 35.1 Å². The zero-order valence-electron chi connectivity index (χ0n) is 14.2. The van der Waals surface area contributed by atoms with Gasteiger partial charge in [0.1, 0.15) is 0 Å². The number of hydrogen-bond acceptors (Lipinski definition) is 3. The summed E-state index contributed by atoms with van der Waals surface area (Å²) in [4.78, 5) is 17.6. The number of thiazole rings is 1. The van der Waals surface area contributed by atoms with Crippen LogP contribution in [0.5, 0.6) is 0 Å². The van der Waals surface area contributed by atoms with Gasteiger partial charge in [-0.05, 0) is 49.7 Å². The summed E-state index contributed by atoms with van der Waals surface area (Å²) in [5.41, 5.74) is 2.79. The maximum atomic E-state index is 12.5. The molecular weight excluding hydrogens is 356 g/mol. The number of aromatic nitrogens is 1. The minimum absolute atomic E-state index is 0.272. The van der Waals surface area contributed by atoms with Crippen molar-refractivity contribution in [1.29, 1.82) is 0 Å². The van der Waals surface area contributed by atoms with Gasteiger partial charge >= 0.3 is 0 Å². The second-order valence-electron chi connectivity index (χ2n) is 5.58. The van der Waals surface area contributed by atoms with Crippen LogP contribution in [0.2, 0.25) is 5.02 Å². The van der Waals surface area contributed by atoms with Gasteiger partial charge in [-0.15, -0.1) is 0 Å². The molecule has 4 nitrogen and oxygen atoms in total. The number of carbonyl (C=O) groups excluding carboxylic acids is 1. The van der Waals surface area contributed by atoms with Crippen LogP contribution < -0.4 is 4.80 Å². The van der Waals surface area contributed by atoms with Crippen molar-refractivity contribution in [2.75, 3.05) is 13.2 Å². The van der Waals surface area contributed by atoms with E-state index in [0.29, 0.717) is 35.1 Å². The highest BCUT2D eigenvalue weighted by atomic mass is 35.5. The van der Waals surface area contributed by atoms with Crippen LogP contribution in [-0.4, -0.2) is 23.7 Å². The van der Waals surface area contributed by atoms with Crippen LogP contribution in [0.1, 0.15) is 22.8 Å².